The van der Waals surface area contributed by atoms with Crippen LogP contribution in [0.5, 0.6) is 0 Å². The second-order valence-corrected chi connectivity index (χ2v) is 8.21. The molecule has 144 valence electrons. The number of anilines is 1. The molecule has 1 saturated heterocycles. The molecule has 1 unspecified atom stereocenters. The number of benzene rings is 2. The smallest absolute Gasteiger partial charge is 0.247 e. The monoisotopic (exact) mass is 454 g/mol. The number of hydrogen-bond donors (Lipinski definition) is 1. The van der Waals surface area contributed by atoms with Crippen LogP contribution in [0.2, 0.25) is 15.1 Å². The quantitative estimate of drug-likeness (QED) is 0.321. The van der Waals surface area contributed by atoms with Gasteiger partial charge in [-0.05, 0) is 35.9 Å². The molecule has 2 aromatic carbocycles. The lowest BCUT2D eigenvalue weighted by atomic mass is 10.2. The van der Waals surface area contributed by atoms with Crippen molar-refractivity contribution in [3.05, 3.63) is 63.1 Å². The lowest BCUT2D eigenvalue weighted by molar-refractivity contribution is -0.121. The van der Waals surface area contributed by atoms with Gasteiger partial charge in [-0.1, -0.05) is 58.7 Å². The molecule has 3 rings (SSSR count). The number of nitrogens with two attached hydrogens (primary N) is 1. The third-order valence-corrected chi connectivity index (χ3v) is 5.53. The fourth-order valence-corrected chi connectivity index (χ4v) is 3.79. The van der Waals surface area contributed by atoms with E-state index in [0.29, 0.717) is 10.0 Å². The van der Waals surface area contributed by atoms with Crippen LogP contribution in [0.15, 0.2) is 52.7 Å². The molecule has 1 atom stereocenters. The van der Waals surface area contributed by atoms with E-state index in [0.717, 1.165) is 22.2 Å². The molecule has 2 amide bonds. The summed E-state index contributed by atoms with van der Waals surface area (Å²) in [6, 6.07) is 11.6. The maximum atomic E-state index is 12.7. The third kappa shape index (κ3) is 4.86. The number of rotatable bonds is 4. The van der Waals surface area contributed by atoms with Crippen LogP contribution in [0.25, 0.3) is 0 Å². The number of imide groups is 1. The van der Waals surface area contributed by atoms with Crippen LogP contribution < -0.4 is 10.6 Å². The van der Waals surface area contributed by atoms with E-state index in [2.05, 4.69) is 10.2 Å². The summed E-state index contributed by atoms with van der Waals surface area (Å²) in [4.78, 5) is 26.0. The molecule has 10 heteroatoms. The van der Waals surface area contributed by atoms with E-state index in [1.54, 1.807) is 30.3 Å². The molecular weight excluding hydrogens is 443 g/mol. The van der Waals surface area contributed by atoms with Crippen LogP contribution in [0.1, 0.15) is 12.0 Å². The highest BCUT2D eigenvalue weighted by Crippen LogP contribution is 2.35. The normalized spacial score (nSPS) is 17.8. The Bertz CT molecular complexity index is 979. The predicted octanol–water partition coefficient (Wildman–Crippen LogP) is 4.36. The third-order valence-electron chi connectivity index (χ3n) is 3.75. The number of carbonyl (C=O) groups is 2. The Morgan fingerprint density at radius 1 is 1.11 bits per heavy atom. The van der Waals surface area contributed by atoms with Crippen LogP contribution in [-0.4, -0.2) is 28.4 Å². The summed E-state index contributed by atoms with van der Waals surface area (Å²) in [6.07, 6.45) is 1.48. The van der Waals surface area contributed by atoms with Crippen LogP contribution in [-0.2, 0) is 9.59 Å². The van der Waals surface area contributed by atoms with E-state index in [1.807, 2.05) is 0 Å². The average Bonchev–Trinajstić information content (AvgIpc) is 2.92. The van der Waals surface area contributed by atoms with Crippen molar-refractivity contribution in [2.75, 3.05) is 4.90 Å². The molecule has 0 saturated carbocycles. The maximum Gasteiger partial charge on any atom is 0.247 e. The number of thioether (sulfide) groups is 1. The van der Waals surface area contributed by atoms with E-state index in [-0.39, 0.29) is 28.2 Å². The van der Waals surface area contributed by atoms with Crippen LogP contribution in [0, 0.1) is 0 Å². The van der Waals surface area contributed by atoms with Gasteiger partial charge in [0.25, 0.3) is 0 Å². The number of carbonyl (C=O) groups excluding carboxylic acids is 2. The zero-order chi connectivity index (χ0) is 20.3. The number of halogens is 3. The second kappa shape index (κ2) is 8.96. The summed E-state index contributed by atoms with van der Waals surface area (Å²) in [5, 5.41) is 8.34. The van der Waals surface area contributed by atoms with E-state index in [1.165, 1.54) is 18.3 Å². The first-order valence-corrected chi connectivity index (χ1v) is 9.97. The first-order chi connectivity index (χ1) is 13.3. The molecule has 0 bridgehead atoms. The molecule has 1 heterocycles. The minimum Gasteiger partial charge on any atom is -0.377 e. The van der Waals surface area contributed by atoms with Crippen LogP contribution in [0.4, 0.5) is 5.69 Å². The molecule has 2 N–H and O–H groups in total. The summed E-state index contributed by atoms with van der Waals surface area (Å²) in [5.41, 5.74) is 6.88. The van der Waals surface area contributed by atoms with Gasteiger partial charge in [0.1, 0.15) is 5.25 Å². The van der Waals surface area contributed by atoms with Crippen molar-refractivity contribution in [3.63, 3.8) is 0 Å². The van der Waals surface area contributed by atoms with Gasteiger partial charge in [0.05, 0.1) is 16.9 Å². The second-order valence-electron chi connectivity index (χ2n) is 5.71. The molecule has 1 fully saturated rings. The molecule has 1 aliphatic heterocycles. The summed E-state index contributed by atoms with van der Waals surface area (Å²) in [5.74, 6) is -0.817. The molecule has 0 radical (unpaired) electrons. The number of amides is 2. The molecular formula is C18H13Cl3N4O2S. The van der Waals surface area contributed by atoms with Crippen molar-refractivity contribution in [2.45, 2.75) is 11.7 Å². The van der Waals surface area contributed by atoms with Gasteiger partial charge in [-0.15, -0.1) is 5.10 Å². The van der Waals surface area contributed by atoms with E-state index >= 15 is 0 Å². The Morgan fingerprint density at radius 2 is 1.79 bits per heavy atom. The standard InChI is InChI=1S/C18H13Cl3N4O2S/c19-11-3-1-10(2-4-11)9-23-24-18(22)28-15-8-16(26)25(17(15)27)14-7-12(20)5-6-13(14)21/h1-7,9,15H,8H2,(H2,22,24)/b23-9+. The lowest BCUT2D eigenvalue weighted by Crippen LogP contribution is -2.32. The van der Waals surface area contributed by atoms with Gasteiger partial charge < -0.3 is 5.73 Å². The Morgan fingerprint density at radius 3 is 2.50 bits per heavy atom. The summed E-state index contributed by atoms with van der Waals surface area (Å²) in [6.45, 7) is 0. The first kappa shape index (κ1) is 20.7. The highest BCUT2D eigenvalue weighted by Gasteiger charge is 2.41. The highest BCUT2D eigenvalue weighted by molar-refractivity contribution is 8.14. The largest absolute Gasteiger partial charge is 0.377 e. The fourth-order valence-electron chi connectivity index (χ4n) is 2.48. The Kier molecular flexibility index (Phi) is 6.61. The molecule has 28 heavy (non-hydrogen) atoms. The highest BCUT2D eigenvalue weighted by atomic mass is 35.5. The summed E-state index contributed by atoms with van der Waals surface area (Å²) >= 11 is 18.8. The summed E-state index contributed by atoms with van der Waals surface area (Å²) < 4.78 is 0. The van der Waals surface area contributed by atoms with E-state index in [9.17, 15) is 9.59 Å². The average molecular weight is 456 g/mol. The number of hydrogen-bond acceptors (Lipinski definition) is 5. The van der Waals surface area contributed by atoms with Crippen LogP contribution in [0.3, 0.4) is 0 Å². The van der Waals surface area contributed by atoms with Gasteiger partial charge in [-0.25, -0.2) is 4.90 Å². The van der Waals surface area contributed by atoms with Gasteiger partial charge in [0.2, 0.25) is 11.8 Å². The Labute approximate surface area is 180 Å². The molecule has 2 aromatic rings. The van der Waals surface area contributed by atoms with Crippen molar-refractivity contribution < 1.29 is 9.59 Å². The van der Waals surface area contributed by atoms with Gasteiger partial charge in [0, 0.05) is 16.5 Å². The zero-order valence-electron chi connectivity index (χ0n) is 14.2. The number of nitrogens with zero attached hydrogens (tertiary/aromatic N) is 3. The minimum absolute atomic E-state index is 0.0243. The minimum atomic E-state index is -0.711. The topological polar surface area (TPSA) is 88.1 Å². The predicted molar refractivity (Wildman–Crippen MR) is 116 cm³/mol. The van der Waals surface area contributed by atoms with Gasteiger partial charge >= 0.3 is 0 Å². The SMILES string of the molecule is N/C(=N\N=C\c1ccc(Cl)cc1)SC1CC(=O)N(c2cc(Cl)ccc2Cl)C1=O. The van der Waals surface area contributed by atoms with Gasteiger partial charge in [-0.3, -0.25) is 9.59 Å². The molecule has 6 nitrogen and oxygen atoms in total. The molecule has 0 spiro atoms. The van der Waals surface area contributed by atoms with Crippen molar-refractivity contribution in [3.8, 4) is 0 Å². The van der Waals surface area contributed by atoms with Crippen LogP contribution >= 0.6 is 46.6 Å². The van der Waals surface area contributed by atoms with Crippen molar-refractivity contribution in [2.24, 2.45) is 15.9 Å². The molecule has 1 aliphatic rings. The maximum absolute atomic E-state index is 12.7. The Balaban J connectivity index is 1.69. The fraction of sp³-hybridized carbons (Fsp3) is 0.111. The zero-order valence-corrected chi connectivity index (χ0v) is 17.3. The van der Waals surface area contributed by atoms with Gasteiger partial charge in [-0.2, -0.15) is 5.10 Å². The number of amidine groups is 1. The van der Waals surface area contributed by atoms with E-state index < -0.39 is 11.2 Å². The van der Waals surface area contributed by atoms with E-state index in [4.69, 9.17) is 40.5 Å². The van der Waals surface area contributed by atoms with Crippen molar-refractivity contribution in [1.82, 2.24) is 0 Å². The Hall–Kier alpha value is -2.06. The summed E-state index contributed by atoms with van der Waals surface area (Å²) in [7, 11) is 0. The van der Waals surface area contributed by atoms with Gasteiger partial charge in [0.15, 0.2) is 5.17 Å². The van der Waals surface area contributed by atoms with Crippen molar-refractivity contribution in [1.29, 1.82) is 0 Å². The molecule has 0 aromatic heterocycles. The lowest BCUT2D eigenvalue weighted by Gasteiger charge is -2.16. The molecule has 0 aliphatic carbocycles. The first-order valence-electron chi connectivity index (χ1n) is 7.95. The van der Waals surface area contributed by atoms with Crippen molar-refractivity contribution >= 4 is 75.4 Å².